The van der Waals surface area contributed by atoms with Crippen LogP contribution in [0, 0.1) is 18.7 Å². The Balaban J connectivity index is 1.77. The van der Waals surface area contributed by atoms with Gasteiger partial charge >= 0.3 is 0 Å². The van der Waals surface area contributed by atoms with Crippen LogP contribution in [-0.4, -0.2) is 65.3 Å². The van der Waals surface area contributed by atoms with Crippen molar-refractivity contribution in [1.29, 1.82) is 0 Å². The van der Waals surface area contributed by atoms with E-state index in [2.05, 4.69) is 30.7 Å². The Morgan fingerprint density at radius 1 is 1.11 bits per heavy atom. The third-order valence-corrected chi connectivity index (χ3v) is 7.06. The Labute approximate surface area is 218 Å². The fraction of sp³-hybridized carbons (Fsp3) is 0.429. The first-order chi connectivity index (χ1) is 17.2. The summed E-state index contributed by atoms with van der Waals surface area (Å²) in [5.41, 5.74) is 2.98. The molecule has 0 radical (unpaired) electrons. The van der Waals surface area contributed by atoms with Gasteiger partial charge in [0.05, 0.1) is 28.5 Å². The molecule has 8 heteroatoms. The van der Waals surface area contributed by atoms with Crippen molar-refractivity contribution >= 4 is 23.3 Å². The molecular weight excluding hydrogens is 477 g/mol. The highest BCUT2D eigenvalue weighted by Gasteiger charge is 2.28. The van der Waals surface area contributed by atoms with Gasteiger partial charge in [-0.15, -0.1) is 0 Å². The van der Waals surface area contributed by atoms with E-state index in [1.54, 1.807) is 18.2 Å². The summed E-state index contributed by atoms with van der Waals surface area (Å²) in [4.78, 5) is 20.2. The van der Waals surface area contributed by atoms with Crippen molar-refractivity contribution in [3.8, 4) is 5.69 Å². The number of likely N-dealkylation sites (N-methyl/N-ethyl adjacent to an activating group) is 1. The van der Waals surface area contributed by atoms with Crippen molar-refractivity contribution in [2.75, 3.05) is 44.7 Å². The number of halogens is 2. The lowest BCUT2D eigenvalue weighted by molar-refractivity contribution is 0.0735. The van der Waals surface area contributed by atoms with Crippen molar-refractivity contribution in [2.24, 2.45) is 5.92 Å². The summed E-state index contributed by atoms with van der Waals surface area (Å²) in [6.45, 7) is 10.8. The van der Waals surface area contributed by atoms with Gasteiger partial charge in [-0.2, -0.15) is 5.10 Å². The number of hydrogen-bond acceptors (Lipinski definition) is 4. The highest BCUT2D eigenvalue weighted by molar-refractivity contribution is 6.33. The van der Waals surface area contributed by atoms with Crippen molar-refractivity contribution in [3.63, 3.8) is 0 Å². The standard InChI is InChI=1S/C28H35ClFN5O/c1-20(2)12-13-34(28(36)24-10-5-6-11-26(24)29)19-25-21(3)31-35(23-9-7-8-22(30)18-23)27(25)33-16-14-32(4)15-17-33/h5-11,18,20H,12-17,19H2,1-4H3. The lowest BCUT2D eigenvalue weighted by Gasteiger charge is -2.35. The number of carbonyl (C=O) groups excluding carboxylic acids is 1. The summed E-state index contributed by atoms with van der Waals surface area (Å²) in [6, 6.07) is 13.7. The van der Waals surface area contributed by atoms with Gasteiger partial charge in [0.25, 0.3) is 5.91 Å². The number of aromatic nitrogens is 2. The normalized spacial score (nSPS) is 14.5. The molecule has 1 saturated heterocycles. The zero-order valence-corrected chi connectivity index (χ0v) is 22.3. The van der Waals surface area contributed by atoms with E-state index in [-0.39, 0.29) is 11.7 Å². The zero-order valence-electron chi connectivity index (χ0n) is 21.5. The van der Waals surface area contributed by atoms with Gasteiger partial charge in [0, 0.05) is 38.3 Å². The van der Waals surface area contributed by atoms with E-state index < -0.39 is 0 Å². The van der Waals surface area contributed by atoms with Gasteiger partial charge in [0.1, 0.15) is 11.6 Å². The van der Waals surface area contributed by atoms with Crippen LogP contribution < -0.4 is 4.90 Å². The van der Waals surface area contributed by atoms with Gasteiger partial charge in [0.2, 0.25) is 0 Å². The quantitative estimate of drug-likeness (QED) is 0.405. The summed E-state index contributed by atoms with van der Waals surface area (Å²) in [7, 11) is 2.11. The van der Waals surface area contributed by atoms with Gasteiger partial charge < -0.3 is 14.7 Å². The van der Waals surface area contributed by atoms with E-state index in [9.17, 15) is 9.18 Å². The number of aryl methyl sites for hydroxylation is 1. The van der Waals surface area contributed by atoms with Crippen molar-refractivity contribution in [3.05, 3.63) is 76.2 Å². The number of rotatable bonds is 8. The smallest absolute Gasteiger partial charge is 0.255 e. The predicted octanol–water partition coefficient (Wildman–Crippen LogP) is 5.41. The molecule has 4 rings (SSSR count). The molecule has 0 atom stereocenters. The van der Waals surface area contributed by atoms with Crippen LogP contribution in [-0.2, 0) is 6.54 Å². The molecule has 1 fully saturated rings. The lowest BCUT2D eigenvalue weighted by atomic mass is 10.1. The van der Waals surface area contributed by atoms with Crippen LogP contribution in [0.5, 0.6) is 0 Å². The molecule has 1 aliphatic rings. The average Bonchev–Trinajstić information content (AvgIpc) is 3.17. The molecule has 0 spiro atoms. The number of nitrogens with zero attached hydrogens (tertiary/aromatic N) is 5. The van der Waals surface area contributed by atoms with Crippen molar-refractivity contribution in [2.45, 2.75) is 33.7 Å². The molecular formula is C28H35ClFN5O. The first-order valence-electron chi connectivity index (χ1n) is 12.6. The number of anilines is 1. The maximum atomic E-state index is 14.2. The minimum absolute atomic E-state index is 0.0940. The first-order valence-corrected chi connectivity index (χ1v) is 12.9. The van der Waals surface area contributed by atoms with Crippen LogP contribution >= 0.6 is 11.6 Å². The largest absolute Gasteiger partial charge is 0.354 e. The molecule has 0 unspecified atom stereocenters. The zero-order chi connectivity index (χ0) is 25.8. The fourth-order valence-electron chi connectivity index (χ4n) is 4.53. The SMILES string of the molecule is Cc1nn(-c2cccc(F)c2)c(N2CCN(C)CC2)c1CN(CCC(C)C)C(=O)c1ccccc1Cl. The maximum absolute atomic E-state index is 14.2. The average molecular weight is 512 g/mol. The number of carbonyl (C=O) groups is 1. The Kier molecular flexibility index (Phi) is 8.32. The number of benzene rings is 2. The van der Waals surface area contributed by atoms with E-state index >= 15 is 0 Å². The van der Waals surface area contributed by atoms with E-state index in [4.69, 9.17) is 16.7 Å². The molecule has 0 aliphatic carbocycles. The fourth-order valence-corrected chi connectivity index (χ4v) is 4.74. The first kappa shape index (κ1) is 26.2. The highest BCUT2D eigenvalue weighted by Crippen LogP contribution is 2.31. The molecule has 1 aromatic heterocycles. The summed E-state index contributed by atoms with van der Waals surface area (Å²) in [5, 5.41) is 5.29. The molecule has 1 amide bonds. The number of hydrogen-bond donors (Lipinski definition) is 0. The molecule has 192 valence electrons. The Morgan fingerprint density at radius 2 is 1.83 bits per heavy atom. The summed E-state index contributed by atoms with van der Waals surface area (Å²) in [6.07, 6.45) is 0.872. The van der Waals surface area contributed by atoms with Crippen LogP contribution in [0.3, 0.4) is 0 Å². The molecule has 36 heavy (non-hydrogen) atoms. The predicted molar refractivity (Wildman–Crippen MR) is 144 cm³/mol. The number of piperazine rings is 1. The second-order valence-electron chi connectivity index (χ2n) is 9.96. The van der Waals surface area contributed by atoms with Crippen molar-refractivity contribution < 1.29 is 9.18 Å². The minimum atomic E-state index is -0.306. The van der Waals surface area contributed by atoms with Gasteiger partial charge in [-0.05, 0) is 56.6 Å². The second kappa shape index (κ2) is 11.4. The van der Waals surface area contributed by atoms with E-state index in [0.29, 0.717) is 35.3 Å². The van der Waals surface area contributed by atoms with Crippen LogP contribution in [0.15, 0.2) is 48.5 Å². The molecule has 2 heterocycles. The van der Waals surface area contributed by atoms with Gasteiger partial charge in [-0.25, -0.2) is 9.07 Å². The monoisotopic (exact) mass is 511 g/mol. The Hall–Kier alpha value is -2.90. The topological polar surface area (TPSA) is 44.6 Å². The van der Waals surface area contributed by atoms with E-state index in [1.165, 1.54) is 12.1 Å². The molecule has 1 aliphatic heterocycles. The van der Waals surface area contributed by atoms with Crippen molar-refractivity contribution in [1.82, 2.24) is 19.6 Å². The Bertz CT molecular complexity index is 1200. The molecule has 0 bridgehead atoms. The molecule has 0 N–H and O–H groups in total. The molecule has 0 saturated carbocycles. The molecule has 6 nitrogen and oxygen atoms in total. The van der Waals surface area contributed by atoms with Crippen LogP contribution in [0.2, 0.25) is 5.02 Å². The molecule has 3 aromatic rings. The highest BCUT2D eigenvalue weighted by atomic mass is 35.5. The minimum Gasteiger partial charge on any atom is -0.354 e. The van der Waals surface area contributed by atoms with Gasteiger partial charge in [-0.1, -0.05) is 43.6 Å². The summed E-state index contributed by atoms with van der Waals surface area (Å²) < 4.78 is 16.0. The van der Waals surface area contributed by atoms with E-state index in [0.717, 1.165) is 49.7 Å². The number of amides is 1. The van der Waals surface area contributed by atoms with Gasteiger partial charge in [-0.3, -0.25) is 4.79 Å². The molecule has 2 aromatic carbocycles. The Morgan fingerprint density at radius 3 is 2.50 bits per heavy atom. The van der Waals surface area contributed by atoms with Crippen LogP contribution in [0.25, 0.3) is 5.69 Å². The summed E-state index contributed by atoms with van der Waals surface area (Å²) >= 11 is 6.41. The maximum Gasteiger partial charge on any atom is 0.255 e. The van der Waals surface area contributed by atoms with E-state index in [1.807, 2.05) is 34.7 Å². The van der Waals surface area contributed by atoms with Gasteiger partial charge in [0.15, 0.2) is 0 Å². The van der Waals surface area contributed by atoms with Crippen LogP contribution in [0.4, 0.5) is 10.2 Å². The third-order valence-electron chi connectivity index (χ3n) is 6.73. The summed E-state index contributed by atoms with van der Waals surface area (Å²) in [5.74, 6) is 0.968. The van der Waals surface area contributed by atoms with Crippen LogP contribution in [0.1, 0.15) is 41.9 Å². The lowest BCUT2D eigenvalue weighted by Crippen LogP contribution is -2.45. The second-order valence-corrected chi connectivity index (χ2v) is 10.4. The third kappa shape index (κ3) is 5.90.